The number of nitrogens with zero attached hydrogens (tertiary/aromatic N) is 1. The van der Waals surface area contributed by atoms with Gasteiger partial charge < -0.3 is 25.5 Å². The minimum absolute atomic E-state index is 0.00370. The number of amides is 1. The van der Waals surface area contributed by atoms with E-state index in [2.05, 4.69) is 92.9 Å². The highest BCUT2D eigenvalue weighted by Crippen LogP contribution is 2.26. The quantitative estimate of drug-likeness (QED) is 0.0578. The highest BCUT2D eigenvalue weighted by molar-refractivity contribution is 5.95. The number of aliphatic hydroxyl groups excluding tert-OH is 2. The van der Waals surface area contributed by atoms with Crippen LogP contribution in [-0.2, 0) is 9.59 Å². The molecule has 278 valence electrons. The van der Waals surface area contributed by atoms with Crippen LogP contribution >= 0.6 is 0 Å². The number of aliphatic carboxylic acids is 1. The summed E-state index contributed by atoms with van der Waals surface area (Å²) in [5.74, 6) is -1.12. The van der Waals surface area contributed by atoms with Gasteiger partial charge in [0.2, 0.25) is 0 Å². The van der Waals surface area contributed by atoms with Gasteiger partial charge in [-0.3, -0.25) is 9.59 Å². The Kier molecular flexibility index (Phi) is 34.7. The molecule has 0 aromatic rings. The van der Waals surface area contributed by atoms with Gasteiger partial charge in [0.05, 0.1) is 18.6 Å². The standard InChI is InChI=1S/C34H54N2O5.C3H5F.C2H6.C2H2/c1-6-8-9-10-11-12-17-20-31(34(41)35-28-18-15-13-14-16-19-28)33(26(3)4)36(25-27(5)7-2)22-21-29(37)23-30(38)24-32(39)40;1-2-3-4;2*1-2/h7-9,11-14,18,26,29-30,37-38H,6,10,15-17,19-25H2,1-5H3,(H,35,41)(H,39,40);2H,1,3H2;1-2H3;1-2H/b9-8-,12-11-,27-7+,33-31+;;;/t29-,30-;;;/m1.../s1. The molecule has 0 spiro atoms. The summed E-state index contributed by atoms with van der Waals surface area (Å²) in [4.78, 5) is 27.0. The zero-order chi connectivity index (χ0) is 38.0. The van der Waals surface area contributed by atoms with Gasteiger partial charge in [-0.15, -0.1) is 19.4 Å². The minimum Gasteiger partial charge on any atom is -0.481 e. The number of terminal acetylenes is 1. The number of hydrogen-bond acceptors (Lipinski definition) is 5. The molecule has 2 atom stereocenters. The van der Waals surface area contributed by atoms with Crippen molar-refractivity contribution in [2.24, 2.45) is 5.92 Å². The average Bonchev–Trinajstić information content (AvgIpc) is 3.35. The summed E-state index contributed by atoms with van der Waals surface area (Å²) in [6.07, 6.45) is 29.8. The molecule has 0 aliphatic heterocycles. The van der Waals surface area contributed by atoms with Gasteiger partial charge in [0.15, 0.2) is 0 Å². The molecule has 0 radical (unpaired) electrons. The lowest BCUT2D eigenvalue weighted by Gasteiger charge is -2.33. The van der Waals surface area contributed by atoms with E-state index in [1.807, 2.05) is 33.8 Å². The molecule has 0 aromatic heterocycles. The fourth-order valence-electron chi connectivity index (χ4n) is 4.84. The van der Waals surface area contributed by atoms with Crippen molar-refractivity contribution in [1.82, 2.24) is 10.2 Å². The summed E-state index contributed by atoms with van der Waals surface area (Å²) < 4.78 is 10.6. The summed E-state index contributed by atoms with van der Waals surface area (Å²) in [5.41, 5.74) is 3.79. The number of carbonyl (C=O) groups is 2. The second-order valence-corrected chi connectivity index (χ2v) is 11.5. The van der Waals surface area contributed by atoms with Gasteiger partial charge >= 0.3 is 5.97 Å². The largest absolute Gasteiger partial charge is 0.481 e. The van der Waals surface area contributed by atoms with E-state index in [-0.39, 0.29) is 18.2 Å². The van der Waals surface area contributed by atoms with Crippen LogP contribution in [-0.4, -0.2) is 64.1 Å². The zero-order valence-corrected chi connectivity index (χ0v) is 31.5. The molecule has 0 saturated heterocycles. The van der Waals surface area contributed by atoms with E-state index in [0.717, 1.165) is 61.1 Å². The van der Waals surface area contributed by atoms with Crippen LogP contribution < -0.4 is 5.32 Å². The van der Waals surface area contributed by atoms with E-state index in [1.54, 1.807) is 0 Å². The third-order valence-corrected chi connectivity index (χ3v) is 7.12. The Bertz CT molecular complexity index is 1100. The number of carboxylic acid groups (broad SMARTS) is 1. The number of allylic oxidation sites excluding steroid dienone is 11. The predicted molar refractivity (Wildman–Crippen MR) is 205 cm³/mol. The lowest BCUT2D eigenvalue weighted by Crippen LogP contribution is -2.35. The SMILES string of the molecule is C#C.C/C=C(\C)CN(CC[C@@H](O)C[C@@H](O)CC(=O)O)/C(=C(\CC/C=C\C/C=C\CC)C(=O)NC1=CCC=CCC1)C(C)C.C=CCF.CC. The van der Waals surface area contributed by atoms with E-state index in [9.17, 15) is 24.2 Å². The summed E-state index contributed by atoms with van der Waals surface area (Å²) in [6.45, 7) is 18.1. The van der Waals surface area contributed by atoms with Crippen molar-refractivity contribution in [3.8, 4) is 12.8 Å². The van der Waals surface area contributed by atoms with Gasteiger partial charge in [-0.2, -0.15) is 0 Å². The Morgan fingerprint density at radius 3 is 2.29 bits per heavy atom. The van der Waals surface area contributed by atoms with Gasteiger partial charge in [0, 0.05) is 30.1 Å². The number of alkyl halides is 1. The zero-order valence-electron chi connectivity index (χ0n) is 31.5. The first-order valence-electron chi connectivity index (χ1n) is 17.6. The van der Waals surface area contributed by atoms with Crippen LogP contribution in [0.2, 0.25) is 0 Å². The summed E-state index contributed by atoms with van der Waals surface area (Å²) in [7, 11) is 0. The number of halogens is 1. The predicted octanol–water partition coefficient (Wildman–Crippen LogP) is 8.99. The Balaban J connectivity index is -0.00000241. The molecule has 49 heavy (non-hydrogen) atoms. The van der Waals surface area contributed by atoms with Crippen LogP contribution in [0.1, 0.15) is 113 Å². The van der Waals surface area contributed by atoms with Gasteiger partial charge in [-0.25, -0.2) is 4.39 Å². The van der Waals surface area contributed by atoms with Crippen molar-refractivity contribution in [1.29, 1.82) is 0 Å². The van der Waals surface area contributed by atoms with Crippen LogP contribution in [0.4, 0.5) is 4.39 Å². The molecule has 4 N–H and O–H groups in total. The Morgan fingerprint density at radius 1 is 1.10 bits per heavy atom. The number of carbonyl (C=O) groups excluding carboxylic acids is 1. The van der Waals surface area contributed by atoms with Crippen LogP contribution in [0, 0.1) is 18.8 Å². The monoisotopic (exact) mass is 687 g/mol. The van der Waals surface area contributed by atoms with E-state index in [0.29, 0.717) is 25.9 Å². The number of nitrogens with one attached hydrogen (secondary N) is 1. The Labute approximate surface area is 298 Å². The molecule has 8 heteroatoms. The summed E-state index contributed by atoms with van der Waals surface area (Å²) in [6, 6.07) is 0. The van der Waals surface area contributed by atoms with Crippen LogP contribution in [0.3, 0.4) is 0 Å². The van der Waals surface area contributed by atoms with E-state index in [4.69, 9.17) is 5.11 Å². The molecule has 1 amide bonds. The third-order valence-electron chi connectivity index (χ3n) is 7.12. The maximum atomic E-state index is 13.9. The van der Waals surface area contributed by atoms with Crippen molar-refractivity contribution in [3.05, 3.63) is 83.8 Å². The van der Waals surface area contributed by atoms with Gasteiger partial charge in [0.25, 0.3) is 5.91 Å². The first-order valence-corrected chi connectivity index (χ1v) is 17.6. The number of hydrogen-bond donors (Lipinski definition) is 4. The fourth-order valence-corrected chi connectivity index (χ4v) is 4.84. The number of carboxylic acids is 1. The van der Waals surface area contributed by atoms with E-state index < -0.39 is 31.3 Å². The molecule has 0 saturated carbocycles. The fraction of sp³-hybridized carbons (Fsp3) is 0.561. The molecule has 1 aliphatic rings. The molecule has 0 aromatic carbocycles. The summed E-state index contributed by atoms with van der Waals surface area (Å²) in [5, 5.41) is 32.8. The second kappa shape index (κ2) is 34.2. The maximum Gasteiger partial charge on any atom is 0.305 e. The first kappa shape index (κ1) is 49.7. The van der Waals surface area contributed by atoms with Crippen molar-refractivity contribution in [2.45, 2.75) is 125 Å². The lowest BCUT2D eigenvalue weighted by molar-refractivity contribution is -0.139. The highest BCUT2D eigenvalue weighted by atomic mass is 19.1. The molecule has 0 bridgehead atoms. The van der Waals surface area contributed by atoms with Crippen molar-refractivity contribution < 1.29 is 29.3 Å². The molecule has 0 unspecified atom stereocenters. The number of rotatable bonds is 20. The van der Waals surface area contributed by atoms with Crippen LogP contribution in [0.15, 0.2) is 83.8 Å². The van der Waals surface area contributed by atoms with Crippen molar-refractivity contribution in [3.63, 3.8) is 0 Å². The first-order chi connectivity index (χ1) is 23.5. The van der Waals surface area contributed by atoms with E-state index >= 15 is 0 Å². The molecule has 0 heterocycles. The second-order valence-electron chi connectivity index (χ2n) is 11.5. The molecular formula is C41H67FN2O5. The molecule has 1 aliphatic carbocycles. The molecular weight excluding hydrogens is 619 g/mol. The van der Waals surface area contributed by atoms with Crippen molar-refractivity contribution >= 4 is 11.9 Å². The minimum atomic E-state index is -1.10. The van der Waals surface area contributed by atoms with Crippen LogP contribution in [0.25, 0.3) is 0 Å². The topological polar surface area (TPSA) is 110 Å². The number of aliphatic hydroxyl groups is 2. The lowest BCUT2D eigenvalue weighted by atomic mass is 9.96. The van der Waals surface area contributed by atoms with Gasteiger partial charge in [-0.1, -0.05) is 94.9 Å². The maximum absolute atomic E-state index is 13.9. The molecule has 7 nitrogen and oxygen atoms in total. The Hall–Kier alpha value is -3.67. The van der Waals surface area contributed by atoms with Gasteiger partial charge in [-0.05, 0) is 77.6 Å². The molecule has 1 rings (SSSR count). The Morgan fingerprint density at radius 2 is 1.73 bits per heavy atom. The smallest absolute Gasteiger partial charge is 0.305 e. The normalized spacial score (nSPS) is 14.5. The van der Waals surface area contributed by atoms with Gasteiger partial charge in [0.1, 0.15) is 6.67 Å². The average molecular weight is 687 g/mol. The van der Waals surface area contributed by atoms with Crippen LogP contribution in [0.5, 0.6) is 0 Å². The summed E-state index contributed by atoms with van der Waals surface area (Å²) >= 11 is 0. The van der Waals surface area contributed by atoms with Crippen molar-refractivity contribution in [2.75, 3.05) is 19.8 Å². The highest BCUT2D eigenvalue weighted by Gasteiger charge is 2.25. The third kappa shape index (κ3) is 26.9. The van der Waals surface area contributed by atoms with E-state index in [1.165, 1.54) is 6.08 Å². The molecule has 0 fully saturated rings.